The number of carbonyl (C=O) groups is 1. The van der Waals surface area contributed by atoms with Gasteiger partial charge >= 0.3 is 6.18 Å². The van der Waals surface area contributed by atoms with Crippen molar-refractivity contribution in [1.29, 1.82) is 0 Å². The van der Waals surface area contributed by atoms with Crippen LogP contribution in [0.5, 0.6) is 0 Å². The third-order valence-corrected chi connectivity index (χ3v) is 5.89. The van der Waals surface area contributed by atoms with Gasteiger partial charge in [0.15, 0.2) is 0 Å². The molecular formula is C24H26F3N5O. The average Bonchev–Trinajstić information content (AvgIpc) is 2.79. The van der Waals surface area contributed by atoms with Crippen molar-refractivity contribution in [3.05, 3.63) is 59.9 Å². The first kappa shape index (κ1) is 22.8. The van der Waals surface area contributed by atoms with Crippen molar-refractivity contribution in [2.75, 3.05) is 24.3 Å². The number of alkyl halides is 3. The second kappa shape index (κ2) is 9.25. The lowest BCUT2D eigenvalue weighted by Gasteiger charge is -2.30. The zero-order chi connectivity index (χ0) is 23.6. The number of halogens is 3. The fourth-order valence-electron chi connectivity index (χ4n) is 4.11. The first-order chi connectivity index (χ1) is 15.7. The maximum atomic E-state index is 13.3. The van der Waals surface area contributed by atoms with E-state index in [1.54, 1.807) is 42.6 Å². The van der Waals surface area contributed by atoms with E-state index in [2.05, 4.69) is 20.6 Å². The molecule has 0 atom stereocenters. The normalized spacial score (nSPS) is 18.7. The van der Waals surface area contributed by atoms with E-state index in [-0.39, 0.29) is 18.0 Å². The minimum absolute atomic E-state index is 0.0197. The summed E-state index contributed by atoms with van der Waals surface area (Å²) in [5, 5.41) is 7.03. The maximum Gasteiger partial charge on any atom is 0.433 e. The molecule has 0 spiro atoms. The fraction of sp³-hybridized carbons (Fsp3) is 0.375. The molecule has 1 aliphatic rings. The molecule has 0 unspecified atom stereocenters. The third-order valence-electron chi connectivity index (χ3n) is 5.89. The van der Waals surface area contributed by atoms with Gasteiger partial charge in [-0.2, -0.15) is 13.2 Å². The summed E-state index contributed by atoms with van der Waals surface area (Å²) in [4.78, 5) is 22.5. The Morgan fingerprint density at radius 2 is 1.73 bits per heavy atom. The molecule has 0 saturated heterocycles. The van der Waals surface area contributed by atoms with Crippen LogP contribution in [0.4, 0.5) is 24.7 Å². The molecule has 6 nitrogen and oxygen atoms in total. The molecule has 3 aromatic rings. The van der Waals surface area contributed by atoms with Gasteiger partial charge in [0, 0.05) is 49.0 Å². The second-order valence-corrected chi connectivity index (χ2v) is 8.53. The van der Waals surface area contributed by atoms with Crippen LogP contribution in [0.25, 0.3) is 10.9 Å². The van der Waals surface area contributed by atoms with Gasteiger partial charge in [-0.05, 0) is 49.9 Å². The Kier molecular flexibility index (Phi) is 6.40. The van der Waals surface area contributed by atoms with Gasteiger partial charge in [0.25, 0.3) is 5.91 Å². The summed E-state index contributed by atoms with van der Waals surface area (Å²) in [5.74, 6) is 0.560. The molecule has 1 aromatic carbocycles. The second-order valence-electron chi connectivity index (χ2n) is 8.53. The summed E-state index contributed by atoms with van der Waals surface area (Å²) >= 11 is 0. The number of aromatic nitrogens is 2. The van der Waals surface area contributed by atoms with Gasteiger partial charge in [-0.15, -0.1) is 0 Å². The van der Waals surface area contributed by atoms with Crippen LogP contribution in [0.1, 0.15) is 41.7 Å². The molecular weight excluding hydrogens is 431 g/mol. The number of nitrogens with one attached hydrogen (secondary N) is 2. The SMILES string of the molecule is CN(C)c1cc(C(=O)NC2CCC(Nc3cc(C(F)(F)F)nc4ccccc34)CC2)ccn1. The Morgan fingerprint density at radius 1 is 1.03 bits per heavy atom. The van der Waals surface area contributed by atoms with Crippen LogP contribution in [0.3, 0.4) is 0 Å². The van der Waals surface area contributed by atoms with Crippen molar-refractivity contribution in [1.82, 2.24) is 15.3 Å². The molecule has 174 valence electrons. The monoisotopic (exact) mass is 457 g/mol. The van der Waals surface area contributed by atoms with Gasteiger partial charge in [0.2, 0.25) is 0 Å². The highest BCUT2D eigenvalue weighted by atomic mass is 19.4. The first-order valence-corrected chi connectivity index (χ1v) is 10.9. The van der Waals surface area contributed by atoms with E-state index in [9.17, 15) is 18.0 Å². The molecule has 0 bridgehead atoms. The standard InChI is InChI=1S/C24H26F3N5O/c1-32(2)22-13-15(11-12-28-22)23(33)30-17-9-7-16(8-10-17)29-20-14-21(24(25,26)27)31-19-6-4-3-5-18(19)20/h3-6,11-14,16-17H,7-10H2,1-2H3,(H,29,31)(H,30,33). The van der Waals surface area contributed by atoms with Crippen molar-refractivity contribution in [2.24, 2.45) is 0 Å². The number of fused-ring (bicyclic) bond motifs is 1. The molecule has 0 aliphatic heterocycles. The molecule has 2 N–H and O–H groups in total. The van der Waals surface area contributed by atoms with E-state index >= 15 is 0 Å². The molecule has 2 heterocycles. The summed E-state index contributed by atoms with van der Waals surface area (Å²) in [6, 6.07) is 11.4. The highest BCUT2D eigenvalue weighted by Crippen LogP contribution is 2.34. The molecule has 1 fully saturated rings. The number of para-hydroxylation sites is 1. The van der Waals surface area contributed by atoms with Crippen LogP contribution >= 0.6 is 0 Å². The predicted octanol–water partition coefficient (Wildman–Crippen LogP) is 4.87. The Balaban J connectivity index is 1.40. The number of pyridine rings is 2. The minimum atomic E-state index is -4.51. The van der Waals surface area contributed by atoms with Gasteiger partial charge in [0.05, 0.1) is 5.52 Å². The van der Waals surface area contributed by atoms with Crippen molar-refractivity contribution in [3.63, 3.8) is 0 Å². The van der Waals surface area contributed by atoms with Crippen LogP contribution in [-0.2, 0) is 6.18 Å². The number of benzene rings is 1. The Bertz CT molecular complexity index is 1140. The topological polar surface area (TPSA) is 70.2 Å². The lowest BCUT2D eigenvalue weighted by Crippen LogP contribution is -2.40. The van der Waals surface area contributed by atoms with Crippen LogP contribution in [-0.4, -0.2) is 42.1 Å². The van der Waals surface area contributed by atoms with E-state index < -0.39 is 11.9 Å². The molecule has 1 aliphatic carbocycles. The van der Waals surface area contributed by atoms with Gasteiger partial charge < -0.3 is 15.5 Å². The van der Waals surface area contributed by atoms with Crippen LogP contribution in [0.2, 0.25) is 0 Å². The van der Waals surface area contributed by atoms with Crippen molar-refractivity contribution in [3.8, 4) is 0 Å². The van der Waals surface area contributed by atoms with Crippen molar-refractivity contribution in [2.45, 2.75) is 43.9 Å². The van der Waals surface area contributed by atoms with Crippen LogP contribution in [0.15, 0.2) is 48.7 Å². The van der Waals surface area contributed by atoms with Crippen LogP contribution in [0, 0.1) is 0 Å². The zero-order valence-electron chi connectivity index (χ0n) is 18.5. The summed E-state index contributed by atoms with van der Waals surface area (Å²) in [6.07, 6.45) is 0.0555. The predicted molar refractivity (Wildman–Crippen MR) is 122 cm³/mol. The van der Waals surface area contributed by atoms with E-state index in [4.69, 9.17) is 0 Å². The van der Waals surface area contributed by atoms with Gasteiger partial charge in [-0.3, -0.25) is 4.79 Å². The van der Waals surface area contributed by atoms with Crippen LogP contribution < -0.4 is 15.5 Å². The van der Waals surface area contributed by atoms with Gasteiger partial charge in [-0.1, -0.05) is 18.2 Å². The largest absolute Gasteiger partial charge is 0.433 e. The molecule has 0 radical (unpaired) electrons. The summed E-state index contributed by atoms with van der Waals surface area (Å²) in [7, 11) is 3.73. The first-order valence-electron chi connectivity index (χ1n) is 10.9. The Labute approximate surface area is 190 Å². The third kappa shape index (κ3) is 5.35. The fourth-order valence-corrected chi connectivity index (χ4v) is 4.11. The number of amides is 1. The highest BCUT2D eigenvalue weighted by molar-refractivity contribution is 5.95. The van der Waals surface area contributed by atoms with E-state index in [0.717, 1.165) is 31.7 Å². The van der Waals surface area contributed by atoms with Crippen molar-refractivity contribution < 1.29 is 18.0 Å². The molecule has 33 heavy (non-hydrogen) atoms. The molecule has 1 amide bonds. The smallest absolute Gasteiger partial charge is 0.382 e. The average molecular weight is 458 g/mol. The summed E-state index contributed by atoms with van der Waals surface area (Å²) in [6.45, 7) is 0. The number of anilines is 2. The summed E-state index contributed by atoms with van der Waals surface area (Å²) < 4.78 is 40.0. The molecule has 9 heteroatoms. The number of carbonyl (C=O) groups excluding carboxylic acids is 1. The number of nitrogens with zero attached hydrogens (tertiary/aromatic N) is 3. The molecule has 1 saturated carbocycles. The zero-order valence-corrected chi connectivity index (χ0v) is 18.5. The van der Waals surface area contributed by atoms with E-state index in [1.807, 2.05) is 19.0 Å². The van der Waals surface area contributed by atoms with Gasteiger partial charge in [0.1, 0.15) is 11.5 Å². The van der Waals surface area contributed by atoms with E-state index in [0.29, 0.717) is 28.0 Å². The number of rotatable bonds is 5. The number of hydrogen-bond acceptors (Lipinski definition) is 5. The molecule has 2 aromatic heterocycles. The summed E-state index contributed by atoms with van der Waals surface area (Å²) in [5.41, 5.74) is 0.398. The van der Waals surface area contributed by atoms with Gasteiger partial charge in [-0.25, -0.2) is 9.97 Å². The van der Waals surface area contributed by atoms with E-state index in [1.165, 1.54) is 0 Å². The molecule has 4 rings (SSSR count). The maximum absolute atomic E-state index is 13.3. The quantitative estimate of drug-likeness (QED) is 0.572. The van der Waals surface area contributed by atoms with Crippen molar-refractivity contribution >= 4 is 28.3 Å². The lowest BCUT2D eigenvalue weighted by atomic mass is 9.90. The lowest BCUT2D eigenvalue weighted by molar-refractivity contribution is -0.140. The Hall–Kier alpha value is -3.36. The highest BCUT2D eigenvalue weighted by Gasteiger charge is 2.34. The minimum Gasteiger partial charge on any atom is -0.382 e. The number of hydrogen-bond donors (Lipinski definition) is 2. The Morgan fingerprint density at radius 3 is 2.42 bits per heavy atom.